The van der Waals surface area contributed by atoms with Crippen LogP contribution >= 0.6 is 0 Å². The average Bonchev–Trinajstić information content (AvgIpc) is 3.58. The Balaban J connectivity index is 0.00000105. The van der Waals surface area contributed by atoms with Gasteiger partial charge in [-0.3, -0.25) is 0 Å². The van der Waals surface area contributed by atoms with Crippen LogP contribution in [0, 0.1) is 18.8 Å². The molecular weight excluding hydrogens is 396 g/mol. The average molecular weight is 443 g/mol. The maximum atomic E-state index is 4.42. The molecule has 0 aromatic heterocycles. The summed E-state index contributed by atoms with van der Waals surface area (Å²) in [7, 11) is 0. The molecule has 4 aliphatic carbocycles. The van der Waals surface area contributed by atoms with E-state index in [2.05, 4.69) is 44.3 Å². The van der Waals surface area contributed by atoms with E-state index in [0.717, 1.165) is 24.7 Å². The number of allylic oxidation sites excluding steroid dienone is 8. The highest BCUT2D eigenvalue weighted by molar-refractivity contribution is 5.84. The van der Waals surface area contributed by atoms with E-state index in [0.29, 0.717) is 0 Å². The van der Waals surface area contributed by atoms with Crippen LogP contribution < -0.4 is 0 Å². The fraction of sp³-hybridized carbons (Fsp3) is 0.515. The predicted molar refractivity (Wildman–Crippen MR) is 147 cm³/mol. The smallest absolute Gasteiger partial charge is 0 e. The lowest BCUT2D eigenvalue weighted by atomic mass is 9.81. The Morgan fingerprint density at radius 3 is 2.15 bits per heavy atom. The molecule has 0 spiro atoms. The first-order valence-corrected chi connectivity index (χ1v) is 13.7. The molecular formula is C33H46. The molecule has 0 atom stereocenters. The van der Waals surface area contributed by atoms with Crippen LogP contribution in [0.15, 0.2) is 76.9 Å². The lowest BCUT2D eigenvalue weighted by molar-refractivity contribution is 0.356. The van der Waals surface area contributed by atoms with Crippen molar-refractivity contribution in [2.45, 2.75) is 97.8 Å². The van der Waals surface area contributed by atoms with E-state index in [4.69, 9.17) is 0 Å². The van der Waals surface area contributed by atoms with Crippen molar-refractivity contribution >= 4 is 5.57 Å². The molecule has 2 fully saturated rings. The van der Waals surface area contributed by atoms with Crippen molar-refractivity contribution in [1.82, 2.24) is 0 Å². The molecule has 0 nitrogen and oxygen atoms in total. The van der Waals surface area contributed by atoms with Crippen molar-refractivity contribution in [2.75, 3.05) is 0 Å². The molecule has 0 N–H and O–H groups in total. The van der Waals surface area contributed by atoms with Crippen LogP contribution in [0.25, 0.3) is 5.57 Å². The van der Waals surface area contributed by atoms with Crippen LogP contribution in [0.4, 0.5) is 0 Å². The van der Waals surface area contributed by atoms with Crippen molar-refractivity contribution in [3.63, 3.8) is 0 Å². The van der Waals surface area contributed by atoms with Crippen molar-refractivity contribution < 1.29 is 1.43 Å². The quantitative estimate of drug-likeness (QED) is 0.384. The minimum atomic E-state index is 0. The van der Waals surface area contributed by atoms with Crippen molar-refractivity contribution in [2.24, 2.45) is 11.8 Å². The van der Waals surface area contributed by atoms with E-state index in [1.807, 2.05) is 19.9 Å². The van der Waals surface area contributed by atoms with Gasteiger partial charge in [-0.05, 0) is 95.4 Å². The van der Waals surface area contributed by atoms with Gasteiger partial charge in [0.25, 0.3) is 0 Å². The SMILES string of the molecule is C=CC(=C)C1=C(CC2CCCCC2)C2=C(C1)C(C1CCCC1)=C(c1ccc(C)cc1)C2.CC.[HH]. The van der Waals surface area contributed by atoms with Gasteiger partial charge >= 0.3 is 0 Å². The molecule has 0 bridgehead atoms. The summed E-state index contributed by atoms with van der Waals surface area (Å²) in [6.45, 7) is 14.7. The molecule has 0 heterocycles. The first kappa shape index (κ1) is 24.1. The van der Waals surface area contributed by atoms with E-state index >= 15 is 0 Å². The maximum Gasteiger partial charge on any atom is 0 e. The summed E-state index contributed by atoms with van der Waals surface area (Å²) in [5.41, 5.74) is 13.9. The van der Waals surface area contributed by atoms with E-state index in [1.54, 1.807) is 27.9 Å². The third-order valence-electron chi connectivity index (χ3n) is 8.47. The summed E-state index contributed by atoms with van der Waals surface area (Å²) in [4.78, 5) is 0. The number of hydrogen-bond donors (Lipinski definition) is 0. The van der Waals surface area contributed by atoms with E-state index in [1.165, 1.54) is 86.5 Å². The fourth-order valence-electron chi connectivity index (χ4n) is 6.76. The zero-order chi connectivity index (χ0) is 23.4. The van der Waals surface area contributed by atoms with Gasteiger partial charge in [0.05, 0.1) is 0 Å². The van der Waals surface area contributed by atoms with Gasteiger partial charge in [-0.25, -0.2) is 0 Å². The second-order valence-electron chi connectivity index (χ2n) is 10.4. The van der Waals surface area contributed by atoms with Crippen molar-refractivity contribution in [1.29, 1.82) is 0 Å². The Labute approximate surface area is 204 Å². The standard InChI is InChI=1S/C31H38.C2H6.H2/c1-4-22(3)26-19-30-29(28(26)18-23-10-6-5-7-11-23)20-27(24-16-14-21(2)15-17-24)31(30)25-12-8-9-13-25;1-2;/h4,14-17,23,25H,1,3,5-13,18-20H2,2H3;1-2H3;1H. The summed E-state index contributed by atoms with van der Waals surface area (Å²) in [5.74, 6) is 1.62. The molecule has 1 aromatic carbocycles. The summed E-state index contributed by atoms with van der Waals surface area (Å²) in [6, 6.07) is 9.33. The molecule has 5 rings (SSSR count). The third-order valence-corrected chi connectivity index (χ3v) is 8.47. The van der Waals surface area contributed by atoms with Gasteiger partial charge < -0.3 is 0 Å². The topological polar surface area (TPSA) is 0 Å². The second kappa shape index (κ2) is 10.9. The van der Waals surface area contributed by atoms with Gasteiger partial charge in [0.1, 0.15) is 0 Å². The van der Waals surface area contributed by atoms with Gasteiger partial charge in [0, 0.05) is 1.43 Å². The van der Waals surface area contributed by atoms with Crippen LogP contribution in [0.3, 0.4) is 0 Å². The lowest BCUT2D eigenvalue weighted by Crippen LogP contribution is -2.08. The minimum absolute atomic E-state index is 0. The third kappa shape index (κ3) is 4.91. The highest BCUT2D eigenvalue weighted by atomic mass is 14.4. The largest absolute Gasteiger partial charge is 0.0985 e. The van der Waals surface area contributed by atoms with Crippen LogP contribution in [0.2, 0.25) is 0 Å². The molecule has 178 valence electrons. The van der Waals surface area contributed by atoms with Gasteiger partial charge in [-0.2, -0.15) is 0 Å². The number of hydrogen-bond acceptors (Lipinski definition) is 0. The summed E-state index contributed by atoms with van der Waals surface area (Å²) in [5, 5.41) is 0. The van der Waals surface area contributed by atoms with E-state index in [9.17, 15) is 0 Å². The van der Waals surface area contributed by atoms with Crippen molar-refractivity contribution in [3.8, 4) is 0 Å². The first-order chi connectivity index (χ1) is 16.2. The monoisotopic (exact) mass is 442 g/mol. The Bertz CT molecular complexity index is 970. The molecule has 0 saturated heterocycles. The van der Waals surface area contributed by atoms with Gasteiger partial charge in [-0.1, -0.05) is 108 Å². The number of aryl methyl sites for hydroxylation is 1. The molecule has 1 aromatic rings. The summed E-state index contributed by atoms with van der Waals surface area (Å²) < 4.78 is 0. The fourth-order valence-corrected chi connectivity index (χ4v) is 6.76. The number of benzene rings is 1. The maximum absolute atomic E-state index is 4.42. The van der Waals surface area contributed by atoms with Gasteiger partial charge in [-0.15, -0.1) is 0 Å². The molecule has 0 heteroatoms. The second-order valence-corrected chi connectivity index (χ2v) is 10.4. The van der Waals surface area contributed by atoms with Crippen LogP contribution in [0.5, 0.6) is 0 Å². The molecule has 0 radical (unpaired) electrons. The Morgan fingerprint density at radius 2 is 1.52 bits per heavy atom. The van der Waals surface area contributed by atoms with E-state index in [-0.39, 0.29) is 1.43 Å². The molecule has 4 aliphatic rings. The lowest BCUT2D eigenvalue weighted by Gasteiger charge is -2.24. The van der Waals surface area contributed by atoms with Crippen LogP contribution in [-0.4, -0.2) is 0 Å². The zero-order valence-corrected chi connectivity index (χ0v) is 21.4. The zero-order valence-electron chi connectivity index (χ0n) is 21.4. The van der Waals surface area contributed by atoms with Gasteiger partial charge in [0.15, 0.2) is 0 Å². The molecule has 0 amide bonds. The minimum Gasteiger partial charge on any atom is -0.0985 e. The summed E-state index contributed by atoms with van der Waals surface area (Å²) in [6.07, 6.45) is 18.1. The summed E-state index contributed by atoms with van der Waals surface area (Å²) >= 11 is 0. The molecule has 0 aliphatic heterocycles. The van der Waals surface area contributed by atoms with E-state index < -0.39 is 0 Å². The predicted octanol–water partition coefficient (Wildman–Crippen LogP) is 10.3. The Kier molecular flexibility index (Phi) is 7.94. The Morgan fingerprint density at radius 1 is 0.879 bits per heavy atom. The van der Waals surface area contributed by atoms with Crippen molar-refractivity contribution in [3.05, 3.63) is 88.1 Å². The van der Waals surface area contributed by atoms with Gasteiger partial charge in [0.2, 0.25) is 0 Å². The molecule has 0 unspecified atom stereocenters. The number of rotatable bonds is 6. The first-order valence-electron chi connectivity index (χ1n) is 13.7. The molecule has 2 saturated carbocycles. The Hall–Kier alpha value is -2.08. The highest BCUT2D eigenvalue weighted by Gasteiger charge is 2.38. The molecule has 33 heavy (non-hydrogen) atoms. The highest BCUT2D eigenvalue weighted by Crippen LogP contribution is 2.55. The van der Waals surface area contributed by atoms with Crippen LogP contribution in [0.1, 0.15) is 103 Å². The van der Waals surface area contributed by atoms with Crippen LogP contribution in [-0.2, 0) is 0 Å². The normalized spacial score (nSPS) is 21.4.